The van der Waals surface area contributed by atoms with E-state index in [2.05, 4.69) is 16.0 Å². The van der Waals surface area contributed by atoms with Gasteiger partial charge in [-0.15, -0.1) is 0 Å². The number of aliphatic hydroxyl groups excluding tert-OH is 1. The van der Waals surface area contributed by atoms with Crippen LogP contribution in [-0.2, 0) is 0 Å². The van der Waals surface area contributed by atoms with Crippen LogP contribution in [0.15, 0.2) is 23.0 Å². The lowest BCUT2D eigenvalue weighted by atomic mass is 9.95. The maximum atomic E-state index is 13.2. The molecule has 0 unspecified atom stereocenters. The second kappa shape index (κ2) is 9.17. The Morgan fingerprint density at radius 2 is 1.91 bits per heavy atom. The first-order chi connectivity index (χ1) is 16.1. The van der Waals surface area contributed by atoms with E-state index in [-0.39, 0.29) is 18.2 Å². The topological polar surface area (TPSA) is 96.3 Å². The number of piperidine rings is 1. The van der Waals surface area contributed by atoms with Crippen LogP contribution in [0, 0.1) is 12.8 Å². The number of nitrogens with zero attached hydrogens (tertiary/aromatic N) is 4. The number of hydrogen-bond acceptors (Lipinski definition) is 6. The van der Waals surface area contributed by atoms with Crippen LogP contribution in [0.1, 0.15) is 56.7 Å². The number of H-pyrrole nitrogens is 1. The van der Waals surface area contributed by atoms with Crippen molar-refractivity contribution in [2.24, 2.45) is 5.92 Å². The van der Waals surface area contributed by atoms with Gasteiger partial charge in [-0.05, 0) is 50.7 Å². The number of aromatic nitrogens is 4. The standard InChI is InChI=1S/C25H33N5O3/c1-16-22-23(30(28-16)18-6-4-3-5-7-18)25(32)27-24(26-22)20-9-8-19(14-21(20)33-2)29-12-10-17(15-31)11-13-29/h8-9,14,17-18,31H,3-7,10-13,15H2,1-2H3,(H,26,27,32). The van der Waals surface area contributed by atoms with Crippen LogP contribution >= 0.6 is 0 Å². The summed E-state index contributed by atoms with van der Waals surface area (Å²) in [6.07, 6.45) is 7.69. The monoisotopic (exact) mass is 451 g/mol. The van der Waals surface area contributed by atoms with Gasteiger partial charge in [-0.2, -0.15) is 5.10 Å². The van der Waals surface area contributed by atoms with Crippen LogP contribution in [0.5, 0.6) is 5.75 Å². The number of fused-ring (bicyclic) bond motifs is 1. The Bertz CT molecular complexity index is 1190. The number of anilines is 1. The SMILES string of the molecule is COc1cc(N2CCC(CO)CC2)ccc1-c1nc2c(C)nn(C3CCCCC3)c2c(=O)[nH]1. The molecule has 1 aliphatic carbocycles. The van der Waals surface area contributed by atoms with Crippen LogP contribution in [0.2, 0.25) is 0 Å². The van der Waals surface area contributed by atoms with Gasteiger partial charge in [0.05, 0.1) is 24.4 Å². The quantitative estimate of drug-likeness (QED) is 0.612. The molecule has 8 nitrogen and oxygen atoms in total. The van der Waals surface area contributed by atoms with E-state index >= 15 is 0 Å². The Kier molecular flexibility index (Phi) is 6.10. The Morgan fingerprint density at radius 3 is 2.61 bits per heavy atom. The lowest BCUT2D eigenvalue weighted by Crippen LogP contribution is -2.34. The van der Waals surface area contributed by atoms with Crippen LogP contribution in [0.3, 0.4) is 0 Å². The van der Waals surface area contributed by atoms with Gasteiger partial charge in [-0.3, -0.25) is 9.48 Å². The number of ether oxygens (including phenoxy) is 1. The van der Waals surface area contributed by atoms with Crippen molar-refractivity contribution >= 4 is 16.7 Å². The molecule has 2 N–H and O–H groups in total. The van der Waals surface area contributed by atoms with Gasteiger partial charge in [0.15, 0.2) is 5.52 Å². The fraction of sp³-hybridized carbons (Fsp3) is 0.560. The van der Waals surface area contributed by atoms with Crippen LogP contribution in [0.4, 0.5) is 5.69 Å². The number of nitrogens with one attached hydrogen (secondary N) is 1. The molecule has 3 heterocycles. The molecule has 5 rings (SSSR count). The molecule has 0 amide bonds. The van der Waals surface area contributed by atoms with E-state index in [0.29, 0.717) is 28.5 Å². The predicted octanol–water partition coefficient (Wildman–Crippen LogP) is 3.82. The maximum absolute atomic E-state index is 13.2. The number of methoxy groups -OCH3 is 1. The third-order valence-corrected chi connectivity index (χ3v) is 7.32. The number of aliphatic hydroxyl groups is 1. The first kappa shape index (κ1) is 21.9. The van der Waals surface area contributed by atoms with E-state index in [1.165, 1.54) is 19.3 Å². The molecule has 0 atom stereocenters. The lowest BCUT2D eigenvalue weighted by molar-refractivity contribution is 0.203. The van der Waals surface area contributed by atoms with Crippen molar-refractivity contribution in [3.8, 4) is 17.1 Å². The summed E-state index contributed by atoms with van der Waals surface area (Å²) in [4.78, 5) is 23.3. The molecule has 1 aromatic carbocycles. The van der Waals surface area contributed by atoms with Crippen LogP contribution in [-0.4, -0.2) is 51.7 Å². The summed E-state index contributed by atoms with van der Waals surface area (Å²) < 4.78 is 7.62. The zero-order valence-corrected chi connectivity index (χ0v) is 19.5. The molecule has 0 spiro atoms. The Labute approximate surface area is 193 Å². The molecular formula is C25H33N5O3. The summed E-state index contributed by atoms with van der Waals surface area (Å²) in [5, 5.41) is 14.1. The van der Waals surface area contributed by atoms with E-state index in [1.54, 1.807) is 7.11 Å². The van der Waals surface area contributed by atoms with Crippen molar-refractivity contribution in [3.05, 3.63) is 34.2 Å². The Hall–Kier alpha value is -2.87. The number of benzene rings is 1. The molecule has 2 fully saturated rings. The molecule has 2 aliphatic rings. The molecule has 176 valence electrons. The van der Waals surface area contributed by atoms with Crippen molar-refractivity contribution in [3.63, 3.8) is 0 Å². The molecular weight excluding hydrogens is 418 g/mol. The third-order valence-electron chi connectivity index (χ3n) is 7.32. The normalized spacial score (nSPS) is 18.2. The van der Waals surface area contributed by atoms with Gasteiger partial charge in [0.25, 0.3) is 5.56 Å². The zero-order chi connectivity index (χ0) is 22.9. The fourth-order valence-corrected chi connectivity index (χ4v) is 5.35. The van der Waals surface area contributed by atoms with Crippen LogP contribution < -0.4 is 15.2 Å². The maximum Gasteiger partial charge on any atom is 0.277 e. The highest BCUT2D eigenvalue weighted by molar-refractivity contribution is 5.80. The Morgan fingerprint density at radius 1 is 1.15 bits per heavy atom. The second-order valence-electron chi connectivity index (χ2n) is 9.43. The van der Waals surface area contributed by atoms with Gasteiger partial charge >= 0.3 is 0 Å². The number of aromatic amines is 1. The van der Waals surface area contributed by atoms with Crippen molar-refractivity contribution in [2.45, 2.75) is 57.9 Å². The van der Waals surface area contributed by atoms with E-state index in [1.807, 2.05) is 23.7 Å². The molecule has 2 aromatic heterocycles. The van der Waals surface area contributed by atoms with Crippen molar-refractivity contribution in [1.29, 1.82) is 0 Å². The summed E-state index contributed by atoms with van der Waals surface area (Å²) in [7, 11) is 1.64. The number of hydrogen-bond donors (Lipinski definition) is 2. The van der Waals surface area contributed by atoms with Gasteiger partial charge in [-0.25, -0.2) is 4.98 Å². The van der Waals surface area contributed by atoms with Gasteiger partial charge < -0.3 is 19.7 Å². The van der Waals surface area contributed by atoms with Gasteiger partial charge in [-0.1, -0.05) is 19.3 Å². The van der Waals surface area contributed by atoms with E-state index in [9.17, 15) is 9.90 Å². The highest BCUT2D eigenvalue weighted by atomic mass is 16.5. The van der Waals surface area contributed by atoms with E-state index in [4.69, 9.17) is 14.8 Å². The fourth-order valence-electron chi connectivity index (χ4n) is 5.35. The molecule has 33 heavy (non-hydrogen) atoms. The summed E-state index contributed by atoms with van der Waals surface area (Å²) >= 11 is 0. The van der Waals surface area contributed by atoms with Crippen molar-refractivity contribution < 1.29 is 9.84 Å². The third kappa shape index (κ3) is 4.12. The van der Waals surface area contributed by atoms with E-state index in [0.717, 1.165) is 55.7 Å². The molecule has 8 heteroatoms. The molecule has 3 aromatic rings. The molecule has 0 radical (unpaired) electrons. The van der Waals surface area contributed by atoms with Gasteiger partial charge in [0, 0.05) is 31.5 Å². The molecule has 1 saturated carbocycles. The summed E-state index contributed by atoms with van der Waals surface area (Å²) in [5.74, 6) is 1.57. The van der Waals surface area contributed by atoms with Crippen molar-refractivity contribution in [1.82, 2.24) is 19.7 Å². The first-order valence-corrected chi connectivity index (χ1v) is 12.1. The molecule has 1 saturated heterocycles. The average molecular weight is 452 g/mol. The average Bonchev–Trinajstić information content (AvgIpc) is 3.21. The first-order valence-electron chi connectivity index (χ1n) is 12.1. The highest BCUT2D eigenvalue weighted by Gasteiger charge is 2.24. The van der Waals surface area contributed by atoms with Crippen molar-refractivity contribution in [2.75, 3.05) is 31.7 Å². The van der Waals surface area contributed by atoms with Gasteiger partial charge in [0.2, 0.25) is 0 Å². The Balaban J connectivity index is 1.50. The number of rotatable bonds is 5. The summed E-state index contributed by atoms with van der Waals surface area (Å²) in [6, 6.07) is 6.31. The minimum absolute atomic E-state index is 0.154. The second-order valence-corrected chi connectivity index (χ2v) is 9.43. The van der Waals surface area contributed by atoms with Gasteiger partial charge in [0.1, 0.15) is 17.1 Å². The van der Waals surface area contributed by atoms with E-state index < -0.39 is 0 Å². The molecule has 0 bridgehead atoms. The zero-order valence-electron chi connectivity index (χ0n) is 19.5. The summed E-state index contributed by atoms with van der Waals surface area (Å²) in [6.45, 7) is 4.01. The van der Waals surface area contributed by atoms with Crippen LogP contribution in [0.25, 0.3) is 22.4 Å². The largest absolute Gasteiger partial charge is 0.496 e. The minimum Gasteiger partial charge on any atom is -0.496 e. The highest BCUT2D eigenvalue weighted by Crippen LogP contribution is 2.35. The number of aryl methyl sites for hydroxylation is 1. The minimum atomic E-state index is -0.154. The lowest BCUT2D eigenvalue weighted by Gasteiger charge is -2.33. The smallest absolute Gasteiger partial charge is 0.277 e. The predicted molar refractivity (Wildman–Crippen MR) is 129 cm³/mol. The molecule has 1 aliphatic heterocycles. The summed E-state index contributed by atoms with van der Waals surface area (Å²) in [5.41, 5.74) is 3.71.